The van der Waals surface area contributed by atoms with Crippen LogP contribution < -0.4 is 0 Å². The number of rotatable bonds is 5. The number of thiophene rings is 1. The summed E-state index contributed by atoms with van der Waals surface area (Å²) in [6.45, 7) is 0. The van der Waals surface area contributed by atoms with E-state index in [2.05, 4.69) is 223 Å². The van der Waals surface area contributed by atoms with Gasteiger partial charge in [0.1, 0.15) is 11.2 Å². The third-order valence-electron chi connectivity index (χ3n) is 14.6. The Balaban J connectivity index is 0.935. The van der Waals surface area contributed by atoms with Gasteiger partial charge in [0.2, 0.25) is 5.95 Å². The third kappa shape index (κ3) is 5.87. The molecule has 1 aliphatic carbocycles. The van der Waals surface area contributed by atoms with Gasteiger partial charge in [0.15, 0.2) is 0 Å². The Morgan fingerprint density at radius 3 is 2.07 bits per heavy atom. The van der Waals surface area contributed by atoms with E-state index in [1.165, 1.54) is 59.1 Å². The third-order valence-corrected chi connectivity index (χ3v) is 15.7. The smallest absolute Gasteiger partial charge is 0.235 e. The van der Waals surface area contributed by atoms with E-state index in [1.807, 2.05) is 11.3 Å². The molecule has 0 N–H and O–H groups in total. The van der Waals surface area contributed by atoms with E-state index in [0.29, 0.717) is 11.9 Å². The molecule has 4 nitrogen and oxygen atoms in total. The van der Waals surface area contributed by atoms with Gasteiger partial charge in [-0.05, 0) is 111 Å². The summed E-state index contributed by atoms with van der Waals surface area (Å²) in [4.78, 5) is 10.7. The fourth-order valence-corrected chi connectivity index (χ4v) is 12.6. The fourth-order valence-electron chi connectivity index (χ4n) is 11.5. The molecule has 15 rings (SSSR count). The van der Waals surface area contributed by atoms with E-state index in [-0.39, 0.29) is 0 Å². The molecule has 1 aliphatic rings. The number of benzene rings is 10. The van der Waals surface area contributed by atoms with E-state index in [9.17, 15) is 0 Å². The predicted octanol–water partition coefficient (Wildman–Crippen LogP) is 17.4. The van der Waals surface area contributed by atoms with Crippen molar-refractivity contribution in [2.45, 2.75) is 12.3 Å². The van der Waals surface area contributed by atoms with Crippen molar-refractivity contribution in [2.24, 2.45) is 0 Å². The highest BCUT2D eigenvalue weighted by Crippen LogP contribution is 2.49. The van der Waals surface area contributed by atoms with E-state index < -0.39 is 0 Å². The molecule has 0 saturated heterocycles. The minimum atomic E-state index is 0.307. The molecule has 69 heavy (non-hydrogen) atoms. The van der Waals surface area contributed by atoms with E-state index in [1.54, 1.807) is 0 Å². The summed E-state index contributed by atoms with van der Waals surface area (Å²) >= 11 is 1.83. The molecule has 10 aromatic carbocycles. The SMILES string of the molecule is c1ccc(-c2nc(-n3c4ccc(-c5cccc6oc7ccc(-c8cccc9c8-c8ccccc8C(c8ccccc8)C9)cc7c56)cc4c4cc5c(cc43)sc3ccccc35)nc3ccccc23)cc1. The van der Waals surface area contributed by atoms with Crippen LogP contribution in [0.15, 0.2) is 223 Å². The lowest BCUT2D eigenvalue weighted by molar-refractivity contribution is 0.669. The molecule has 0 fully saturated rings. The van der Waals surface area contributed by atoms with Crippen molar-refractivity contribution in [3.05, 3.63) is 235 Å². The Hall–Kier alpha value is -8.64. The first-order chi connectivity index (χ1) is 34.2. The lowest BCUT2D eigenvalue weighted by atomic mass is 9.74. The average Bonchev–Trinajstić information content (AvgIpc) is 4.08. The van der Waals surface area contributed by atoms with Crippen LogP contribution in [-0.2, 0) is 6.42 Å². The molecule has 4 heterocycles. The standard InChI is InChI=1S/C64H39N3OS/c1-3-15-38(16-4-1)49-35-42-19-13-24-43(61(42)47-22-8-7-20-45(47)49)41-30-32-57-53(34-41)62-44(25-14-27-58(62)68-57)40-29-31-55-50(33-40)51-36-52-46-21-10-12-28-59(46)69-60(52)37-56(51)67(55)64-65-54-26-11-9-23-48(54)63(66-64)39-17-5-2-6-18-39/h1-34,36-37,49H,35H2. The van der Waals surface area contributed by atoms with Crippen LogP contribution in [-0.4, -0.2) is 14.5 Å². The number of nitrogens with zero attached hydrogens (tertiary/aromatic N) is 3. The van der Waals surface area contributed by atoms with Gasteiger partial charge in [0, 0.05) is 58.6 Å². The second-order valence-electron chi connectivity index (χ2n) is 18.4. The van der Waals surface area contributed by atoms with Crippen LogP contribution in [0.1, 0.15) is 22.6 Å². The summed E-state index contributed by atoms with van der Waals surface area (Å²) in [6, 6.07) is 79.2. The maximum Gasteiger partial charge on any atom is 0.235 e. The molecule has 322 valence electrons. The lowest BCUT2D eigenvalue weighted by Gasteiger charge is -2.30. The number of aromatic nitrogens is 3. The minimum absolute atomic E-state index is 0.307. The number of fused-ring (bicyclic) bond motifs is 13. The van der Waals surface area contributed by atoms with Gasteiger partial charge in [-0.3, -0.25) is 4.57 Å². The highest BCUT2D eigenvalue weighted by atomic mass is 32.1. The monoisotopic (exact) mass is 897 g/mol. The Bertz CT molecular complexity index is 4410. The van der Waals surface area contributed by atoms with Crippen LogP contribution in [0.2, 0.25) is 0 Å². The molecular formula is C64H39N3OS. The first-order valence-corrected chi connectivity index (χ1v) is 24.5. The zero-order chi connectivity index (χ0) is 45.2. The minimum Gasteiger partial charge on any atom is -0.456 e. The second-order valence-corrected chi connectivity index (χ2v) is 19.5. The van der Waals surface area contributed by atoms with Crippen LogP contribution >= 0.6 is 11.3 Å². The summed E-state index contributed by atoms with van der Waals surface area (Å²) in [6.07, 6.45) is 0.958. The Kier molecular flexibility index (Phi) is 8.32. The van der Waals surface area contributed by atoms with E-state index in [0.717, 1.165) is 83.5 Å². The molecule has 14 aromatic rings. The lowest BCUT2D eigenvalue weighted by Crippen LogP contribution is -2.13. The molecule has 0 bridgehead atoms. The molecule has 1 unspecified atom stereocenters. The van der Waals surface area contributed by atoms with Crippen molar-refractivity contribution in [2.75, 3.05) is 0 Å². The summed E-state index contributed by atoms with van der Waals surface area (Å²) in [5.41, 5.74) is 18.2. The van der Waals surface area contributed by atoms with Crippen molar-refractivity contribution < 1.29 is 4.42 Å². The highest BCUT2D eigenvalue weighted by molar-refractivity contribution is 7.25. The average molecular weight is 898 g/mol. The normalized spacial score (nSPS) is 13.6. The van der Waals surface area contributed by atoms with Gasteiger partial charge in [-0.15, -0.1) is 11.3 Å². The molecule has 0 spiro atoms. The maximum atomic E-state index is 6.70. The molecule has 0 saturated carbocycles. The van der Waals surface area contributed by atoms with E-state index >= 15 is 0 Å². The van der Waals surface area contributed by atoms with Crippen molar-refractivity contribution >= 4 is 86.2 Å². The van der Waals surface area contributed by atoms with Crippen LogP contribution in [0.3, 0.4) is 0 Å². The van der Waals surface area contributed by atoms with E-state index in [4.69, 9.17) is 14.4 Å². The van der Waals surface area contributed by atoms with Gasteiger partial charge in [-0.1, -0.05) is 164 Å². The molecule has 1 atom stereocenters. The number of furan rings is 1. The maximum absolute atomic E-state index is 6.70. The molecule has 0 radical (unpaired) electrons. The fraction of sp³-hybridized carbons (Fsp3) is 0.0312. The molecule has 0 aliphatic heterocycles. The largest absolute Gasteiger partial charge is 0.456 e. The van der Waals surface area contributed by atoms with Crippen molar-refractivity contribution in [3.8, 4) is 50.6 Å². The van der Waals surface area contributed by atoms with Crippen LogP contribution in [0.4, 0.5) is 0 Å². The molecular weight excluding hydrogens is 859 g/mol. The van der Waals surface area contributed by atoms with Gasteiger partial charge in [0.05, 0.1) is 22.2 Å². The second kappa shape index (κ2) is 14.9. The number of hydrogen-bond acceptors (Lipinski definition) is 4. The van der Waals surface area contributed by atoms with Gasteiger partial charge in [-0.2, -0.15) is 0 Å². The topological polar surface area (TPSA) is 43.9 Å². The van der Waals surface area contributed by atoms with Crippen molar-refractivity contribution in [3.63, 3.8) is 0 Å². The van der Waals surface area contributed by atoms with Gasteiger partial charge in [-0.25, -0.2) is 9.97 Å². The van der Waals surface area contributed by atoms with Gasteiger partial charge in [0.25, 0.3) is 0 Å². The predicted molar refractivity (Wildman–Crippen MR) is 288 cm³/mol. The Morgan fingerprint density at radius 2 is 1.16 bits per heavy atom. The summed E-state index contributed by atoms with van der Waals surface area (Å²) in [7, 11) is 0. The van der Waals surface area contributed by atoms with Crippen molar-refractivity contribution in [1.29, 1.82) is 0 Å². The van der Waals surface area contributed by atoms with Crippen LogP contribution in [0, 0.1) is 0 Å². The zero-order valence-electron chi connectivity index (χ0n) is 37.2. The molecule has 4 aromatic heterocycles. The first kappa shape index (κ1) is 38.5. The quantitative estimate of drug-likeness (QED) is 0.173. The highest BCUT2D eigenvalue weighted by Gasteiger charge is 2.28. The summed E-state index contributed by atoms with van der Waals surface area (Å²) in [5.74, 6) is 0.958. The van der Waals surface area contributed by atoms with Crippen LogP contribution in [0.5, 0.6) is 0 Å². The van der Waals surface area contributed by atoms with Crippen LogP contribution in [0.25, 0.3) is 125 Å². The van der Waals surface area contributed by atoms with Crippen molar-refractivity contribution in [1.82, 2.24) is 14.5 Å². The summed E-state index contributed by atoms with van der Waals surface area (Å²) in [5, 5.41) is 8.09. The number of hydrogen-bond donors (Lipinski definition) is 0. The first-order valence-electron chi connectivity index (χ1n) is 23.6. The van der Waals surface area contributed by atoms with Gasteiger partial charge >= 0.3 is 0 Å². The molecule has 5 heteroatoms. The summed E-state index contributed by atoms with van der Waals surface area (Å²) < 4.78 is 11.5. The zero-order valence-corrected chi connectivity index (χ0v) is 38.0. The Morgan fingerprint density at radius 1 is 0.449 bits per heavy atom. The number of para-hydroxylation sites is 1. The Labute approximate surface area is 401 Å². The van der Waals surface area contributed by atoms with Gasteiger partial charge < -0.3 is 4.42 Å². The molecule has 0 amide bonds.